The number of fused-ring (bicyclic) bond motifs is 1. The Bertz CT molecular complexity index is 1160. The fraction of sp³-hybridized carbons (Fsp3) is 0.379. The first kappa shape index (κ1) is 26.9. The molecule has 4 rings (SSSR count). The van der Waals surface area contributed by atoms with Crippen LogP contribution in [0, 0.1) is 20.8 Å². The quantitative estimate of drug-likeness (QED) is 0.615. The number of hydrogen-bond donors (Lipinski definition) is 2. The summed E-state index contributed by atoms with van der Waals surface area (Å²) in [7, 11) is 0. The summed E-state index contributed by atoms with van der Waals surface area (Å²) in [6.07, 6.45) is 8.61. The van der Waals surface area contributed by atoms with Gasteiger partial charge in [-0.2, -0.15) is 0 Å². The van der Waals surface area contributed by atoms with E-state index in [9.17, 15) is 5.11 Å². The van der Waals surface area contributed by atoms with Crippen LogP contribution in [0.1, 0.15) is 55.5 Å². The van der Waals surface area contributed by atoms with Crippen molar-refractivity contribution in [3.63, 3.8) is 0 Å². The predicted molar refractivity (Wildman–Crippen MR) is 137 cm³/mol. The van der Waals surface area contributed by atoms with Crippen molar-refractivity contribution < 1.29 is 31.9 Å². The van der Waals surface area contributed by atoms with Crippen LogP contribution >= 0.6 is 0 Å². The topological polar surface area (TPSA) is 46.4 Å². The molecule has 0 fully saturated rings. The standard InChI is InChI=1S/C29H36N2O3.ClH/c1-18(2)33-26-12-11-23(16-32)29(34-19(3)4)27(26)25-10-8-9-24-15-30(17-31(24)25)28-21(6)13-20(5)14-22(28)7;/h8-15,18-19,32H,16-17H2,1-7H3;1H. The van der Waals surface area contributed by atoms with Crippen LogP contribution in [0.3, 0.4) is 0 Å². The van der Waals surface area contributed by atoms with E-state index in [1.165, 1.54) is 27.3 Å². The lowest BCUT2D eigenvalue weighted by Crippen LogP contribution is -3.02. The van der Waals surface area contributed by atoms with Gasteiger partial charge in [-0.1, -0.05) is 23.8 Å². The van der Waals surface area contributed by atoms with Gasteiger partial charge in [-0.05, 0) is 72.8 Å². The van der Waals surface area contributed by atoms with Gasteiger partial charge in [0.1, 0.15) is 29.1 Å². The number of allylic oxidation sites excluding steroid dienone is 3. The maximum atomic E-state index is 10.1. The van der Waals surface area contributed by atoms with Crippen molar-refractivity contribution in [2.24, 2.45) is 0 Å². The molecule has 1 atom stereocenters. The van der Waals surface area contributed by atoms with Gasteiger partial charge in [-0.3, -0.25) is 9.80 Å². The van der Waals surface area contributed by atoms with E-state index in [2.05, 4.69) is 62.2 Å². The lowest BCUT2D eigenvalue weighted by atomic mass is 10.0. The average molecular weight is 497 g/mol. The van der Waals surface area contributed by atoms with Gasteiger partial charge in [0.2, 0.25) is 0 Å². The summed E-state index contributed by atoms with van der Waals surface area (Å²) in [5.41, 5.74) is 9.02. The van der Waals surface area contributed by atoms with Crippen molar-refractivity contribution in [3.05, 3.63) is 82.2 Å². The van der Waals surface area contributed by atoms with E-state index < -0.39 is 0 Å². The Morgan fingerprint density at radius 1 is 1.00 bits per heavy atom. The van der Waals surface area contributed by atoms with Gasteiger partial charge < -0.3 is 27.0 Å². The van der Waals surface area contributed by atoms with E-state index in [0.717, 1.165) is 34.9 Å². The molecule has 0 saturated heterocycles. The number of aryl methyl sites for hydroxylation is 3. The molecule has 0 aliphatic carbocycles. The second-order valence-electron chi connectivity index (χ2n) is 9.78. The van der Waals surface area contributed by atoms with Gasteiger partial charge in [0.05, 0.1) is 30.1 Å². The van der Waals surface area contributed by atoms with Gasteiger partial charge in [-0.25, -0.2) is 0 Å². The van der Waals surface area contributed by atoms with Crippen molar-refractivity contribution in [1.29, 1.82) is 0 Å². The highest BCUT2D eigenvalue weighted by Crippen LogP contribution is 2.43. The second-order valence-corrected chi connectivity index (χ2v) is 9.78. The maximum absolute atomic E-state index is 10.1. The molecule has 2 aromatic rings. The van der Waals surface area contributed by atoms with E-state index in [1.54, 1.807) is 0 Å². The summed E-state index contributed by atoms with van der Waals surface area (Å²) in [6.45, 7) is 15.3. The maximum Gasteiger partial charge on any atom is 0.166 e. The molecule has 0 radical (unpaired) electrons. The molecular formula is C29H37ClN2O3. The first-order valence-electron chi connectivity index (χ1n) is 12.1. The first-order valence-corrected chi connectivity index (χ1v) is 12.1. The third-order valence-electron chi connectivity index (χ3n) is 6.12. The van der Waals surface area contributed by atoms with Crippen LogP contribution in [0.25, 0.3) is 5.70 Å². The number of rotatable bonds is 7. The largest absolute Gasteiger partial charge is 1.00 e. The third kappa shape index (κ3) is 5.43. The monoisotopic (exact) mass is 496 g/mol. The van der Waals surface area contributed by atoms with Crippen LogP contribution in [-0.2, 0) is 6.61 Å². The Morgan fingerprint density at radius 2 is 1.66 bits per heavy atom. The van der Waals surface area contributed by atoms with Crippen LogP contribution in [0.15, 0.2) is 54.4 Å². The van der Waals surface area contributed by atoms with Gasteiger partial charge in [0.15, 0.2) is 6.67 Å². The Balaban J connectivity index is 0.00000342. The SMILES string of the molecule is Cc1cc(C)c([NH+]2C=C3C=CC=C(c4c(OC(C)C)ccc(CO)c4OC(C)C)N3C2)c(C)c1.[Cl-]. The minimum Gasteiger partial charge on any atom is -1.00 e. The van der Waals surface area contributed by atoms with Crippen LogP contribution in [0.4, 0.5) is 5.69 Å². The second kappa shape index (κ2) is 10.9. The summed E-state index contributed by atoms with van der Waals surface area (Å²) in [4.78, 5) is 3.63. The molecule has 2 N–H and O–H groups in total. The molecule has 2 aliphatic rings. The number of nitrogens with zero attached hydrogens (tertiary/aromatic N) is 1. The highest BCUT2D eigenvalue weighted by molar-refractivity contribution is 5.79. The van der Waals surface area contributed by atoms with Gasteiger partial charge >= 0.3 is 0 Å². The lowest BCUT2D eigenvalue weighted by molar-refractivity contribution is -0.777. The molecule has 6 heteroatoms. The summed E-state index contributed by atoms with van der Waals surface area (Å²) < 4.78 is 12.5. The van der Waals surface area contributed by atoms with Crippen LogP contribution in [-0.4, -0.2) is 28.9 Å². The third-order valence-corrected chi connectivity index (χ3v) is 6.12. The van der Waals surface area contributed by atoms with Crippen molar-refractivity contribution in [2.75, 3.05) is 6.67 Å². The predicted octanol–water partition coefficient (Wildman–Crippen LogP) is 1.92. The molecule has 188 valence electrons. The van der Waals surface area contributed by atoms with Gasteiger partial charge in [-0.15, -0.1) is 0 Å². The zero-order valence-corrected chi connectivity index (χ0v) is 22.5. The number of hydrogen-bond acceptors (Lipinski definition) is 4. The number of quaternary nitrogens is 1. The molecule has 5 nitrogen and oxygen atoms in total. The summed E-state index contributed by atoms with van der Waals surface area (Å²) in [5.74, 6) is 1.45. The van der Waals surface area contributed by atoms with Gasteiger partial charge in [0, 0.05) is 16.7 Å². The average Bonchev–Trinajstić information content (AvgIpc) is 3.16. The van der Waals surface area contributed by atoms with Gasteiger partial charge in [0.25, 0.3) is 0 Å². The molecule has 2 aromatic carbocycles. The summed E-state index contributed by atoms with van der Waals surface area (Å²) in [6, 6.07) is 8.36. The number of benzene rings is 2. The molecule has 35 heavy (non-hydrogen) atoms. The fourth-order valence-corrected chi connectivity index (χ4v) is 5.01. The molecule has 2 aliphatic heterocycles. The molecule has 0 aromatic heterocycles. The number of nitrogens with one attached hydrogen (secondary N) is 1. The minimum absolute atomic E-state index is 0. The summed E-state index contributed by atoms with van der Waals surface area (Å²) >= 11 is 0. The normalized spacial score (nSPS) is 16.7. The van der Waals surface area contributed by atoms with E-state index in [0.29, 0.717) is 5.75 Å². The van der Waals surface area contributed by atoms with Crippen molar-refractivity contribution in [3.8, 4) is 11.5 Å². The zero-order valence-electron chi connectivity index (χ0n) is 21.8. The molecule has 1 unspecified atom stereocenters. The number of aliphatic hydroxyl groups excluding tert-OH is 1. The number of ether oxygens (including phenoxy) is 2. The minimum atomic E-state index is -0.0953. The fourth-order valence-electron chi connectivity index (χ4n) is 5.01. The van der Waals surface area contributed by atoms with Crippen LogP contribution in [0.2, 0.25) is 0 Å². The molecule has 0 bridgehead atoms. The molecule has 2 heterocycles. The molecule has 0 amide bonds. The van der Waals surface area contributed by atoms with Crippen molar-refractivity contribution in [2.45, 2.75) is 67.3 Å². The van der Waals surface area contributed by atoms with E-state index in [1.807, 2.05) is 39.8 Å². The Kier molecular flexibility index (Phi) is 8.37. The molecular weight excluding hydrogens is 460 g/mol. The van der Waals surface area contributed by atoms with E-state index >= 15 is 0 Å². The number of halogens is 1. The first-order chi connectivity index (χ1) is 16.2. The molecule has 0 spiro atoms. The highest BCUT2D eigenvalue weighted by Gasteiger charge is 2.34. The number of aliphatic hydroxyl groups is 1. The van der Waals surface area contributed by atoms with Crippen molar-refractivity contribution >= 4 is 11.4 Å². The van der Waals surface area contributed by atoms with Crippen LogP contribution < -0.4 is 26.8 Å². The Labute approximate surface area is 215 Å². The van der Waals surface area contributed by atoms with Crippen LogP contribution in [0.5, 0.6) is 11.5 Å². The Morgan fingerprint density at radius 3 is 2.26 bits per heavy atom. The summed E-state index contributed by atoms with van der Waals surface area (Å²) in [5, 5.41) is 10.1. The lowest BCUT2D eigenvalue weighted by Gasteiger charge is -2.29. The van der Waals surface area contributed by atoms with E-state index in [4.69, 9.17) is 9.47 Å². The van der Waals surface area contributed by atoms with E-state index in [-0.39, 0.29) is 31.2 Å². The molecule has 0 saturated carbocycles. The zero-order chi connectivity index (χ0) is 24.6. The smallest absolute Gasteiger partial charge is 0.166 e. The van der Waals surface area contributed by atoms with Crippen molar-refractivity contribution in [1.82, 2.24) is 4.90 Å². The highest BCUT2D eigenvalue weighted by atomic mass is 35.5. The Hall–Kier alpha value is -2.73.